The van der Waals surface area contributed by atoms with Gasteiger partial charge in [0.25, 0.3) is 0 Å². The third kappa shape index (κ3) is 2.45. The van der Waals surface area contributed by atoms with Gasteiger partial charge < -0.3 is 14.7 Å². The minimum absolute atomic E-state index is 0.0807. The maximum atomic E-state index is 11.8. The van der Waals surface area contributed by atoms with Crippen molar-refractivity contribution in [3.05, 3.63) is 34.9 Å². The van der Waals surface area contributed by atoms with Crippen molar-refractivity contribution < 1.29 is 14.6 Å². The normalized spacial score (nSPS) is 22.9. The first-order chi connectivity index (χ1) is 9.69. The molecule has 1 N–H and O–H groups in total. The number of nitrogens with zero attached hydrogens (tertiary/aromatic N) is 1. The molecule has 2 unspecified atom stereocenters. The van der Waals surface area contributed by atoms with Crippen LogP contribution < -0.4 is 0 Å². The van der Waals surface area contributed by atoms with Crippen molar-refractivity contribution in [2.45, 2.75) is 51.5 Å². The van der Waals surface area contributed by atoms with Crippen molar-refractivity contribution in [2.24, 2.45) is 0 Å². The number of fused-ring (bicyclic) bond motifs is 1. The van der Waals surface area contributed by atoms with E-state index in [4.69, 9.17) is 4.74 Å². The molecule has 3 rings (SSSR count). The van der Waals surface area contributed by atoms with E-state index in [1.807, 2.05) is 30.0 Å². The van der Waals surface area contributed by atoms with Gasteiger partial charge in [0.15, 0.2) is 0 Å². The number of amides is 1. The Hall–Kier alpha value is -1.39. The summed E-state index contributed by atoms with van der Waals surface area (Å²) in [5.41, 5.74) is 3.25. The minimum atomic E-state index is -0.557. The van der Waals surface area contributed by atoms with Crippen molar-refractivity contribution in [1.82, 2.24) is 4.90 Å². The molecule has 20 heavy (non-hydrogen) atoms. The lowest BCUT2D eigenvalue weighted by atomic mass is 9.98. The second-order valence-corrected chi connectivity index (χ2v) is 5.63. The van der Waals surface area contributed by atoms with Crippen molar-refractivity contribution in [3.63, 3.8) is 0 Å². The second kappa shape index (κ2) is 5.54. The zero-order valence-corrected chi connectivity index (χ0v) is 11.8. The largest absolute Gasteiger partial charge is 0.386 e. The van der Waals surface area contributed by atoms with Crippen molar-refractivity contribution in [3.8, 4) is 0 Å². The summed E-state index contributed by atoms with van der Waals surface area (Å²) < 4.78 is 5.55. The molecular formula is C16H21NO3. The van der Waals surface area contributed by atoms with E-state index < -0.39 is 6.10 Å². The molecule has 0 spiro atoms. The molecule has 0 aliphatic carbocycles. The van der Waals surface area contributed by atoms with E-state index in [1.165, 1.54) is 5.56 Å². The molecule has 2 heterocycles. The van der Waals surface area contributed by atoms with E-state index in [1.54, 1.807) is 0 Å². The lowest BCUT2D eigenvalue weighted by molar-refractivity contribution is -0.131. The number of ether oxygens (including phenoxy) is 1. The summed E-state index contributed by atoms with van der Waals surface area (Å²) in [6.07, 6.45) is 1.84. The number of aliphatic hydroxyl groups excluding tert-OH is 1. The molecule has 1 aromatic carbocycles. The maximum Gasteiger partial charge on any atom is 0.222 e. The average Bonchev–Trinajstić information content (AvgIpc) is 3.13. The van der Waals surface area contributed by atoms with Gasteiger partial charge in [0.2, 0.25) is 5.91 Å². The smallest absolute Gasteiger partial charge is 0.222 e. The molecule has 1 fully saturated rings. The first-order valence-corrected chi connectivity index (χ1v) is 7.38. The highest BCUT2D eigenvalue weighted by Gasteiger charge is 2.28. The van der Waals surface area contributed by atoms with E-state index in [9.17, 15) is 9.90 Å². The number of rotatable bonds is 3. The molecule has 4 heteroatoms. The highest BCUT2D eigenvalue weighted by molar-refractivity contribution is 5.76. The molecule has 1 amide bonds. The lowest BCUT2D eigenvalue weighted by Crippen LogP contribution is -2.24. The van der Waals surface area contributed by atoms with Crippen LogP contribution in [0, 0.1) is 0 Å². The van der Waals surface area contributed by atoms with Crippen LogP contribution in [-0.4, -0.2) is 28.6 Å². The number of hydrogen-bond acceptors (Lipinski definition) is 3. The highest BCUT2D eigenvalue weighted by Crippen LogP contribution is 2.31. The summed E-state index contributed by atoms with van der Waals surface area (Å²) in [6.45, 7) is 3.98. The zero-order chi connectivity index (χ0) is 14.1. The Morgan fingerprint density at radius 2 is 2.25 bits per heavy atom. The third-order valence-electron chi connectivity index (χ3n) is 4.27. The summed E-state index contributed by atoms with van der Waals surface area (Å²) >= 11 is 0. The van der Waals surface area contributed by atoms with Crippen LogP contribution in [0.15, 0.2) is 18.2 Å². The molecule has 0 radical (unpaired) electrons. The summed E-state index contributed by atoms with van der Waals surface area (Å²) in [5, 5.41) is 10.4. The van der Waals surface area contributed by atoms with Gasteiger partial charge in [-0.15, -0.1) is 0 Å². The van der Waals surface area contributed by atoms with E-state index in [0.717, 1.165) is 30.6 Å². The molecule has 0 bridgehead atoms. The minimum Gasteiger partial charge on any atom is -0.386 e. The van der Waals surface area contributed by atoms with Gasteiger partial charge in [0.05, 0.1) is 6.10 Å². The summed E-state index contributed by atoms with van der Waals surface area (Å²) in [7, 11) is 0. The van der Waals surface area contributed by atoms with Gasteiger partial charge >= 0.3 is 0 Å². The van der Waals surface area contributed by atoms with Crippen LogP contribution in [0.25, 0.3) is 0 Å². The van der Waals surface area contributed by atoms with Crippen LogP contribution in [0.2, 0.25) is 0 Å². The fourth-order valence-corrected chi connectivity index (χ4v) is 3.06. The van der Waals surface area contributed by atoms with Crippen molar-refractivity contribution >= 4 is 5.91 Å². The zero-order valence-electron chi connectivity index (χ0n) is 11.8. The number of carbonyl (C=O) groups is 1. The molecule has 1 saturated heterocycles. The summed E-state index contributed by atoms with van der Waals surface area (Å²) in [4.78, 5) is 13.6. The van der Waals surface area contributed by atoms with E-state index >= 15 is 0 Å². The average molecular weight is 275 g/mol. The third-order valence-corrected chi connectivity index (χ3v) is 4.27. The highest BCUT2D eigenvalue weighted by atomic mass is 16.5. The second-order valence-electron chi connectivity index (χ2n) is 5.63. The predicted molar refractivity (Wildman–Crippen MR) is 74.9 cm³/mol. The maximum absolute atomic E-state index is 11.8. The molecule has 2 aliphatic heterocycles. The monoisotopic (exact) mass is 275 g/mol. The van der Waals surface area contributed by atoms with Crippen LogP contribution in [0.3, 0.4) is 0 Å². The number of benzene rings is 1. The molecule has 0 saturated carbocycles. The van der Waals surface area contributed by atoms with E-state index in [-0.39, 0.29) is 12.0 Å². The molecule has 2 aliphatic rings. The van der Waals surface area contributed by atoms with Gasteiger partial charge in [-0.1, -0.05) is 25.1 Å². The van der Waals surface area contributed by atoms with Gasteiger partial charge in [-0.2, -0.15) is 0 Å². The van der Waals surface area contributed by atoms with Gasteiger partial charge in [0.1, 0.15) is 6.10 Å². The molecule has 1 aromatic rings. The van der Waals surface area contributed by atoms with Crippen LogP contribution in [0.1, 0.15) is 49.0 Å². The van der Waals surface area contributed by atoms with E-state index in [0.29, 0.717) is 19.5 Å². The number of aliphatic hydroxyl groups is 1. The topological polar surface area (TPSA) is 49.8 Å². The Balaban J connectivity index is 1.76. The van der Waals surface area contributed by atoms with Crippen molar-refractivity contribution in [2.75, 3.05) is 6.61 Å². The van der Waals surface area contributed by atoms with Gasteiger partial charge in [0, 0.05) is 26.1 Å². The molecular weight excluding hydrogens is 254 g/mol. The first kappa shape index (κ1) is 13.6. The quantitative estimate of drug-likeness (QED) is 0.919. The fourth-order valence-electron chi connectivity index (χ4n) is 3.06. The Labute approximate surface area is 119 Å². The summed E-state index contributed by atoms with van der Waals surface area (Å²) in [5.74, 6) is 0.183. The predicted octanol–water partition coefficient (Wildman–Crippen LogP) is 2.15. The Morgan fingerprint density at radius 1 is 1.45 bits per heavy atom. The van der Waals surface area contributed by atoms with Gasteiger partial charge in [-0.05, 0) is 29.5 Å². The fraction of sp³-hybridized carbons (Fsp3) is 0.562. The standard InChI is InChI=1S/C16H21NO3/c1-2-15(18)17-9-12-6-5-11(8-13(12)10-17)16(19)14-4-3-7-20-14/h5-6,8,14,16,19H,2-4,7,9-10H2,1H3. The Kier molecular flexibility index (Phi) is 3.76. The van der Waals surface area contributed by atoms with Crippen LogP contribution in [0.4, 0.5) is 0 Å². The number of hydrogen-bond donors (Lipinski definition) is 1. The Bertz CT molecular complexity index is 508. The van der Waals surface area contributed by atoms with Crippen LogP contribution in [-0.2, 0) is 22.6 Å². The van der Waals surface area contributed by atoms with Crippen LogP contribution in [0.5, 0.6) is 0 Å². The molecule has 2 atom stereocenters. The van der Waals surface area contributed by atoms with E-state index in [2.05, 4.69) is 0 Å². The van der Waals surface area contributed by atoms with Crippen LogP contribution >= 0.6 is 0 Å². The van der Waals surface area contributed by atoms with Crippen molar-refractivity contribution in [1.29, 1.82) is 0 Å². The summed E-state index contributed by atoms with van der Waals surface area (Å²) in [6, 6.07) is 6.03. The molecule has 0 aromatic heterocycles. The molecule has 108 valence electrons. The lowest BCUT2D eigenvalue weighted by Gasteiger charge is -2.18. The Morgan fingerprint density at radius 3 is 2.95 bits per heavy atom. The van der Waals surface area contributed by atoms with Gasteiger partial charge in [-0.3, -0.25) is 4.79 Å². The first-order valence-electron chi connectivity index (χ1n) is 7.38. The SMILES string of the molecule is CCC(=O)N1Cc2ccc(C(O)C3CCCO3)cc2C1. The number of carbonyl (C=O) groups excluding carboxylic acids is 1. The van der Waals surface area contributed by atoms with Gasteiger partial charge in [-0.25, -0.2) is 0 Å². The molecule has 4 nitrogen and oxygen atoms in total.